The largest absolute Gasteiger partial charge is 0.497 e. The Kier molecular flexibility index (Phi) is 3.85. The molecule has 2 heterocycles. The van der Waals surface area contributed by atoms with E-state index in [1.807, 2.05) is 30.3 Å². The van der Waals surface area contributed by atoms with Crippen molar-refractivity contribution in [2.45, 2.75) is 26.8 Å². The van der Waals surface area contributed by atoms with Crippen LogP contribution in [0.15, 0.2) is 36.4 Å². The Labute approximate surface area is 134 Å². The molecule has 2 aromatic heterocycles. The minimum Gasteiger partial charge on any atom is -0.497 e. The zero-order valence-corrected chi connectivity index (χ0v) is 13.7. The van der Waals surface area contributed by atoms with Crippen LogP contribution in [0, 0.1) is 5.41 Å². The van der Waals surface area contributed by atoms with E-state index in [1.165, 1.54) is 4.63 Å². The second-order valence-electron chi connectivity index (χ2n) is 6.47. The van der Waals surface area contributed by atoms with Gasteiger partial charge in [-0.15, -0.1) is 14.8 Å². The molecule has 0 aliphatic carbocycles. The van der Waals surface area contributed by atoms with Crippen molar-refractivity contribution in [2.24, 2.45) is 5.41 Å². The van der Waals surface area contributed by atoms with Crippen LogP contribution >= 0.6 is 0 Å². The Hall–Kier alpha value is -2.70. The van der Waals surface area contributed by atoms with Gasteiger partial charge < -0.3 is 10.1 Å². The van der Waals surface area contributed by atoms with Gasteiger partial charge in [-0.05, 0) is 45.7 Å². The summed E-state index contributed by atoms with van der Waals surface area (Å²) < 4.78 is 6.75. The number of hydrogen-bond acceptors (Lipinski definition) is 6. The highest BCUT2D eigenvalue weighted by molar-refractivity contribution is 5.45. The summed E-state index contributed by atoms with van der Waals surface area (Å²) in [5.41, 5.74) is 1.73. The van der Waals surface area contributed by atoms with E-state index in [2.05, 4.69) is 52.8 Å². The first-order chi connectivity index (χ1) is 11.0. The molecular formula is C16H20N6O. The smallest absolute Gasteiger partial charge is 0.200 e. The number of rotatable bonds is 4. The zero-order valence-electron chi connectivity index (χ0n) is 13.7. The van der Waals surface area contributed by atoms with Gasteiger partial charge in [-0.1, -0.05) is 32.9 Å². The Morgan fingerprint density at radius 1 is 1.17 bits per heavy atom. The number of aromatic nitrogens is 5. The van der Waals surface area contributed by atoms with E-state index in [1.54, 1.807) is 7.11 Å². The van der Waals surface area contributed by atoms with Gasteiger partial charge in [0.05, 0.1) is 13.2 Å². The van der Waals surface area contributed by atoms with E-state index in [0.717, 1.165) is 11.3 Å². The summed E-state index contributed by atoms with van der Waals surface area (Å²) in [4.78, 5) is 0. The average Bonchev–Trinajstić information content (AvgIpc) is 2.99. The fourth-order valence-electron chi connectivity index (χ4n) is 2.50. The van der Waals surface area contributed by atoms with Gasteiger partial charge in [-0.2, -0.15) is 0 Å². The maximum Gasteiger partial charge on any atom is 0.200 e. The molecule has 7 nitrogen and oxygen atoms in total. The lowest BCUT2D eigenvalue weighted by atomic mass is 9.82. The van der Waals surface area contributed by atoms with Gasteiger partial charge in [0.1, 0.15) is 11.6 Å². The van der Waals surface area contributed by atoms with Gasteiger partial charge in [0.15, 0.2) is 5.65 Å². The minimum atomic E-state index is -0.0242. The van der Waals surface area contributed by atoms with Crippen molar-refractivity contribution in [3.8, 4) is 5.75 Å². The number of methoxy groups -OCH3 is 1. The predicted molar refractivity (Wildman–Crippen MR) is 87.4 cm³/mol. The fraction of sp³-hybridized carbons (Fsp3) is 0.375. The number of tetrazole rings is 1. The Balaban J connectivity index is 1.95. The van der Waals surface area contributed by atoms with Gasteiger partial charge in [0.25, 0.3) is 0 Å². The van der Waals surface area contributed by atoms with E-state index in [0.29, 0.717) is 11.5 Å². The first-order valence-electron chi connectivity index (χ1n) is 7.43. The van der Waals surface area contributed by atoms with E-state index < -0.39 is 0 Å². The summed E-state index contributed by atoms with van der Waals surface area (Å²) in [6.07, 6.45) is 0. The molecule has 0 amide bonds. The van der Waals surface area contributed by atoms with Crippen LogP contribution in [0.2, 0.25) is 0 Å². The minimum absolute atomic E-state index is 0.0242. The van der Waals surface area contributed by atoms with Gasteiger partial charge in [-0.25, -0.2) is 0 Å². The highest BCUT2D eigenvalue weighted by Crippen LogP contribution is 2.36. The zero-order chi connectivity index (χ0) is 16.4. The van der Waals surface area contributed by atoms with Crippen LogP contribution in [-0.4, -0.2) is 32.4 Å². The van der Waals surface area contributed by atoms with Gasteiger partial charge in [0, 0.05) is 0 Å². The Bertz CT molecular complexity index is 807. The number of benzene rings is 1. The Morgan fingerprint density at radius 2 is 2.00 bits per heavy atom. The lowest BCUT2D eigenvalue weighted by Crippen LogP contribution is -2.26. The lowest BCUT2D eigenvalue weighted by Gasteiger charge is -2.32. The topological polar surface area (TPSA) is 77.2 Å². The van der Waals surface area contributed by atoms with Crippen LogP contribution in [0.25, 0.3) is 5.65 Å². The second-order valence-corrected chi connectivity index (χ2v) is 6.47. The van der Waals surface area contributed by atoms with Crippen LogP contribution in [-0.2, 0) is 0 Å². The molecule has 0 fully saturated rings. The van der Waals surface area contributed by atoms with Crippen LogP contribution < -0.4 is 10.1 Å². The monoisotopic (exact) mass is 312 g/mol. The van der Waals surface area contributed by atoms with E-state index in [9.17, 15) is 0 Å². The van der Waals surface area contributed by atoms with E-state index >= 15 is 0 Å². The van der Waals surface area contributed by atoms with Crippen molar-refractivity contribution >= 4 is 11.5 Å². The number of nitrogens with one attached hydrogen (secondary N) is 1. The molecule has 0 aliphatic rings. The number of nitrogens with zero attached hydrogens (tertiary/aromatic N) is 5. The maximum atomic E-state index is 5.34. The van der Waals surface area contributed by atoms with Gasteiger partial charge in [-0.3, -0.25) is 0 Å². The molecule has 0 saturated carbocycles. The number of ether oxygens (including phenoxy) is 1. The third-order valence-electron chi connectivity index (χ3n) is 3.65. The molecule has 1 unspecified atom stereocenters. The van der Waals surface area contributed by atoms with Gasteiger partial charge in [0.2, 0.25) is 0 Å². The molecule has 3 aromatic rings. The van der Waals surface area contributed by atoms with Crippen LogP contribution in [0.4, 0.5) is 5.82 Å². The molecular weight excluding hydrogens is 292 g/mol. The molecule has 0 radical (unpaired) electrons. The standard InChI is InChI=1S/C16H20N6O/c1-16(2,3)15(11-6-5-7-12(10-11)23-4)17-13-8-9-14-18-20-21-22(14)19-13/h5-10,15H,1-4H3,(H,17,19). The molecule has 0 bridgehead atoms. The normalized spacial score (nSPS) is 13.0. The van der Waals surface area contributed by atoms with Crippen molar-refractivity contribution in [2.75, 3.05) is 12.4 Å². The first-order valence-corrected chi connectivity index (χ1v) is 7.43. The fourth-order valence-corrected chi connectivity index (χ4v) is 2.50. The van der Waals surface area contributed by atoms with Crippen molar-refractivity contribution in [1.82, 2.24) is 25.3 Å². The van der Waals surface area contributed by atoms with Crippen LogP contribution in [0.5, 0.6) is 5.75 Å². The molecule has 0 saturated heterocycles. The van der Waals surface area contributed by atoms with Crippen LogP contribution in [0.3, 0.4) is 0 Å². The Morgan fingerprint density at radius 3 is 2.74 bits per heavy atom. The highest BCUT2D eigenvalue weighted by Gasteiger charge is 2.27. The van der Waals surface area contributed by atoms with Crippen molar-refractivity contribution in [1.29, 1.82) is 0 Å². The summed E-state index contributed by atoms with van der Waals surface area (Å²) in [5, 5.41) is 19.2. The third-order valence-corrected chi connectivity index (χ3v) is 3.65. The second kappa shape index (κ2) is 5.83. The highest BCUT2D eigenvalue weighted by atomic mass is 16.5. The average molecular weight is 312 g/mol. The summed E-state index contributed by atoms with van der Waals surface area (Å²) in [6.45, 7) is 6.54. The molecule has 1 aromatic carbocycles. The molecule has 1 atom stereocenters. The van der Waals surface area contributed by atoms with Gasteiger partial charge >= 0.3 is 0 Å². The molecule has 7 heteroatoms. The van der Waals surface area contributed by atoms with Crippen LogP contribution in [0.1, 0.15) is 32.4 Å². The number of fused-ring (bicyclic) bond motifs is 1. The van der Waals surface area contributed by atoms with Crippen molar-refractivity contribution < 1.29 is 4.74 Å². The SMILES string of the molecule is COc1cccc(C(Nc2ccc3nnnn3n2)C(C)(C)C)c1. The molecule has 120 valence electrons. The van der Waals surface area contributed by atoms with E-state index in [4.69, 9.17) is 4.74 Å². The van der Waals surface area contributed by atoms with Crippen molar-refractivity contribution in [3.05, 3.63) is 42.0 Å². The molecule has 1 N–H and O–H groups in total. The van der Waals surface area contributed by atoms with Crippen molar-refractivity contribution in [3.63, 3.8) is 0 Å². The predicted octanol–water partition coefficient (Wildman–Crippen LogP) is 2.73. The quantitative estimate of drug-likeness (QED) is 0.798. The summed E-state index contributed by atoms with van der Waals surface area (Å²) >= 11 is 0. The maximum absolute atomic E-state index is 5.34. The lowest BCUT2D eigenvalue weighted by molar-refractivity contribution is 0.344. The number of anilines is 1. The van der Waals surface area contributed by atoms with E-state index in [-0.39, 0.29) is 11.5 Å². The molecule has 3 rings (SSSR count). The molecule has 23 heavy (non-hydrogen) atoms. The summed E-state index contributed by atoms with van der Waals surface area (Å²) in [6, 6.07) is 11.8. The number of hydrogen-bond donors (Lipinski definition) is 1. The molecule has 0 aliphatic heterocycles. The first kappa shape index (κ1) is 15.2. The summed E-state index contributed by atoms with van der Waals surface area (Å²) in [7, 11) is 1.67. The molecule has 0 spiro atoms. The third kappa shape index (κ3) is 3.23. The summed E-state index contributed by atoms with van der Waals surface area (Å²) in [5.74, 6) is 1.55.